The molecule has 122 valence electrons. The molecule has 5 heteroatoms. The highest BCUT2D eigenvalue weighted by Crippen LogP contribution is 2.25. The summed E-state index contributed by atoms with van der Waals surface area (Å²) in [4.78, 5) is 12.4. The molecule has 0 bridgehead atoms. The highest BCUT2D eigenvalue weighted by atomic mass is 32.2. The number of carbonyl (C=O) groups is 1. The van der Waals surface area contributed by atoms with Crippen LogP contribution in [0.15, 0.2) is 41.3 Å². The number of aryl methyl sites for hydroxylation is 2. The summed E-state index contributed by atoms with van der Waals surface area (Å²) < 4.78 is 27.7. The Bertz CT molecular complexity index is 814. The van der Waals surface area contributed by atoms with Gasteiger partial charge in [0.1, 0.15) is 0 Å². The average molecular weight is 331 g/mol. The molecule has 0 heterocycles. The molecule has 0 atom stereocenters. The number of Topliss-reactive ketones (excluding diaryl/α,β-unsaturated/α-hetero) is 1. The molecule has 0 saturated carbocycles. The molecule has 0 radical (unpaired) electrons. The molecule has 0 aliphatic heterocycles. The van der Waals surface area contributed by atoms with E-state index in [0.717, 1.165) is 11.1 Å². The molecule has 4 nitrogen and oxygen atoms in total. The van der Waals surface area contributed by atoms with Gasteiger partial charge in [-0.3, -0.25) is 4.79 Å². The SMILES string of the molecule is Cc1cc(C)c(C)c(S(=O)(=O)NCC(=O)c2ccccc2)c1C. The minimum absolute atomic E-state index is 0.252. The predicted octanol–water partition coefficient (Wildman–Crippen LogP) is 3.08. The van der Waals surface area contributed by atoms with Crippen molar-refractivity contribution >= 4 is 15.8 Å². The molecule has 0 aliphatic rings. The van der Waals surface area contributed by atoms with Crippen LogP contribution in [0, 0.1) is 27.7 Å². The van der Waals surface area contributed by atoms with E-state index in [1.807, 2.05) is 26.0 Å². The molecule has 23 heavy (non-hydrogen) atoms. The molecule has 0 saturated heterocycles. The number of ketones is 1. The molecule has 2 aromatic carbocycles. The Balaban J connectivity index is 2.29. The second-order valence-electron chi connectivity index (χ2n) is 5.70. The molecule has 0 aromatic heterocycles. The van der Waals surface area contributed by atoms with E-state index in [9.17, 15) is 13.2 Å². The van der Waals surface area contributed by atoms with E-state index in [1.165, 1.54) is 0 Å². The highest BCUT2D eigenvalue weighted by molar-refractivity contribution is 7.89. The van der Waals surface area contributed by atoms with Gasteiger partial charge in [-0.2, -0.15) is 0 Å². The molecule has 0 aliphatic carbocycles. The molecule has 0 amide bonds. The van der Waals surface area contributed by atoms with E-state index in [1.54, 1.807) is 38.1 Å². The highest BCUT2D eigenvalue weighted by Gasteiger charge is 2.22. The Morgan fingerprint density at radius 1 is 0.957 bits per heavy atom. The van der Waals surface area contributed by atoms with Crippen LogP contribution in [-0.2, 0) is 10.0 Å². The molecule has 0 unspecified atom stereocenters. The molecule has 0 spiro atoms. The van der Waals surface area contributed by atoms with Crippen molar-refractivity contribution in [3.63, 3.8) is 0 Å². The maximum Gasteiger partial charge on any atom is 0.241 e. The Labute approximate surface area is 137 Å². The second kappa shape index (κ2) is 6.64. The van der Waals surface area contributed by atoms with Crippen molar-refractivity contribution in [3.05, 3.63) is 64.2 Å². The number of nitrogens with one attached hydrogen (secondary N) is 1. The van der Waals surface area contributed by atoms with Gasteiger partial charge in [-0.05, 0) is 49.9 Å². The maximum atomic E-state index is 12.7. The van der Waals surface area contributed by atoms with E-state index in [2.05, 4.69) is 4.72 Å². The molecule has 0 fully saturated rings. The van der Waals surface area contributed by atoms with Gasteiger partial charge in [0, 0.05) is 5.56 Å². The lowest BCUT2D eigenvalue weighted by Gasteiger charge is -2.16. The number of carbonyl (C=O) groups excluding carboxylic acids is 1. The van der Waals surface area contributed by atoms with Crippen LogP contribution in [0.3, 0.4) is 0 Å². The fourth-order valence-corrected chi connectivity index (χ4v) is 4.14. The summed E-state index contributed by atoms with van der Waals surface area (Å²) in [7, 11) is -3.74. The van der Waals surface area contributed by atoms with Crippen LogP contribution in [0.1, 0.15) is 32.6 Å². The number of sulfonamides is 1. The monoisotopic (exact) mass is 331 g/mol. The van der Waals surface area contributed by atoms with E-state index in [4.69, 9.17) is 0 Å². The lowest BCUT2D eigenvalue weighted by molar-refractivity contribution is 0.0997. The largest absolute Gasteiger partial charge is 0.293 e. The summed E-state index contributed by atoms with van der Waals surface area (Å²) in [5.74, 6) is -0.256. The van der Waals surface area contributed by atoms with Crippen molar-refractivity contribution in [2.75, 3.05) is 6.54 Å². The third kappa shape index (κ3) is 3.68. The lowest BCUT2D eigenvalue weighted by atomic mass is 10.0. The number of hydrogen-bond donors (Lipinski definition) is 1. The van der Waals surface area contributed by atoms with E-state index < -0.39 is 10.0 Å². The van der Waals surface area contributed by atoms with Crippen molar-refractivity contribution in [3.8, 4) is 0 Å². The summed E-state index contributed by atoms with van der Waals surface area (Å²) in [5, 5.41) is 0. The maximum absolute atomic E-state index is 12.7. The van der Waals surface area contributed by atoms with Crippen molar-refractivity contribution in [2.24, 2.45) is 0 Å². The van der Waals surface area contributed by atoms with Crippen molar-refractivity contribution in [2.45, 2.75) is 32.6 Å². The number of hydrogen-bond acceptors (Lipinski definition) is 3. The summed E-state index contributed by atoms with van der Waals surface area (Å²) in [6.45, 7) is 7.09. The van der Waals surface area contributed by atoms with Crippen LogP contribution in [-0.4, -0.2) is 20.7 Å². The second-order valence-corrected chi connectivity index (χ2v) is 7.41. The van der Waals surface area contributed by atoms with Gasteiger partial charge in [0.15, 0.2) is 5.78 Å². The average Bonchev–Trinajstić information content (AvgIpc) is 2.51. The van der Waals surface area contributed by atoms with Crippen LogP contribution >= 0.6 is 0 Å². The number of benzene rings is 2. The van der Waals surface area contributed by atoms with Crippen molar-refractivity contribution in [1.29, 1.82) is 0 Å². The van der Waals surface area contributed by atoms with Gasteiger partial charge >= 0.3 is 0 Å². The first-order chi connectivity index (χ1) is 10.7. The Morgan fingerprint density at radius 2 is 1.48 bits per heavy atom. The quantitative estimate of drug-likeness (QED) is 0.856. The van der Waals surface area contributed by atoms with E-state index >= 15 is 0 Å². The Morgan fingerprint density at radius 3 is 2.00 bits per heavy atom. The van der Waals surface area contributed by atoms with Crippen LogP contribution in [0.4, 0.5) is 0 Å². The van der Waals surface area contributed by atoms with Gasteiger partial charge in [0.05, 0.1) is 11.4 Å². The van der Waals surface area contributed by atoms with E-state index in [-0.39, 0.29) is 17.2 Å². The first-order valence-corrected chi connectivity index (χ1v) is 8.87. The first-order valence-electron chi connectivity index (χ1n) is 7.39. The molecule has 1 N–H and O–H groups in total. The summed E-state index contributed by atoms with van der Waals surface area (Å²) in [6, 6.07) is 10.6. The standard InChI is InChI=1S/C18H21NO3S/c1-12-10-13(2)15(4)18(14(12)3)23(21,22)19-11-17(20)16-8-6-5-7-9-16/h5-10,19H,11H2,1-4H3. The zero-order chi connectivity index (χ0) is 17.2. The first kappa shape index (κ1) is 17.4. The third-order valence-electron chi connectivity index (χ3n) is 4.08. The third-order valence-corrected chi connectivity index (χ3v) is 5.76. The van der Waals surface area contributed by atoms with Crippen molar-refractivity contribution in [1.82, 2.24) is 4.72 Å². The summed E-state index contributed by atoms with van der Waals surface area (Å²) in [6.07, 6.45) is 0. The van der Waals surface area contributed by atoms with Crippen LogP contribution in [0.5, 0.6) is 0 Å². The van der Waals surface area contributed by atoms with Gasteiger partial charge < -0.3 is 0 Å². The number of rotatable bonds is 5. The zero-order valence-electron chi connectivity index (χ0n) is 13.8. The van der Waals surface area contributed by atoms with Gasteiger partial charge in [-0.15, -0.1) is 0 Å². The van der Waals surface area contributed by atoms with Crippen LogP contribution in [0.25, 0.3) is 0 Å². The molecular weight excluding hydrogens is 310 g/mol. The fraction of sp³-hybridized carbons (Fsp3) is 0.278. The predicted molar refractivity (Wildman–Crippen MR) is 91.4 cm³/mol. The van der Waals surface area contributed by atoms with Gasteiger partial charge in [-0.1, -0.05) is 36.4 Å². The topological polar surface area (TPSA) is 63.2 Å². The van der Waals surface area contributed by atoms with E-state index in [0.29, 0.717) is 16.7 Å². The fourth-order valence-electron chi connectivity index (χ4n) is 2.54. The lowest BCUT2D eigenvalue weighted by Crippen LogP contribution is -2.31. The molecule has 2 aromatic rings. The van der Waals surface area contributed by atoms with Crippen LogP contribution < -0.4 is 4.72 Å². The van der Waals surface area contributed by atoms with Gasteiger partial charge in [0.25, 0.3) is 0 Å². The molecular formula is C18H21NO3S. The summed E-state index contributed by atoms with van der Waals surface area (Å²) in [5.41, 5.74) is 3.76. The molecule has 2 rings (SSSR count). The van der Waals surface area contributed by atoms with Gasteiger partial charge in [-0.25, -0.2) is 13.1 Å². The minimum Gasteiger partial charge on any atom is -0.293 e. The smallest absolute Gasteiger partial charge is 0.241 e. The summed E-state index contributed by atoms with van der Waals surface area (Å²) >= 11 is 0. The Kier molecular flexibility index (Phi) is 5.02. The van der Waals surface area contributed by atoms with Gasteiger partial charge in [0.2, 0.25) is 10.0 Å². The van der Waals surface area contributed by atoms with Crippen molar-refractivity contribution < 1.29 is 13.2 Å². The Hall–Kier alpha value is -1.98. The van der Waals surface area contributed by atoms with Crippen LogP contribution in [0.2, 0.25) is 0 Å². The normalized spacial score (nSPS) is 11.5. The zero-order valence-corrected chi connectivity index (χ0v) is 14.6. The minimum atomic E-state index is -3.74.